The van der Waals surface area contributed by atoms with Gasteiger partial charge in [0.1, 0.15) is 12.0 Å². The zero-order valence-corrected chi connectivity index (χ0v) is 13.9. The van der Waals surface area contributed by atoms with E-state index < -0.39 is 23.9 Å². The van der Waals surface area contributed by atoms with Crippen molar-refractivity contribution in [2.45, 2.75) is 6.36 Å². The Labute approximate surface area is 155 Å². The smallest absolute Gasteiger partial charge is 0.431 e. The summed E-state index contributed by atoms with van der Waals surface area (Å²) in [5.74, 6) is -1.61. The molecule has 2 amide bonds. The van der Waals surface area contributed by atoms with Crippen LogP contribution in [-0.2, 0) is 0 Å². The summed E-state index contributed by atoms with van der Waals surface area (Å²) in [7, 11) is 0. The van der Waals surface area contributed by atoms with Crippen LogP contribution < -0.4 is 15.4 Å². The third-order valence-electron chi connectivity index (χ3n) is 3.25. The van der Waals surface area contributed by atoms with Crippen molar-refractivity contribution in [2.24, 2.45) is 0 Å². The maximum atomic E-state index is 12.1. The first-order valence-corrected chi connectivity index (χ1v) is 7.64. The van der Waals surface area contributed by atoms with Gasteiger partial charge in [-0.2, -0.15) is 4.98 Å². The number of carbonyl (C=O) groups excluding carboxylic acids is 2. The van der Waals surface area contributed by atoms with Crippen molar-refractivity contribution in [2.75, 3.05) is 10.6 Å². The van der Waals surface area contributed by atoms with E-state index in [1.165, 1.54) is 36.7 Å². The normalized spacial score (nSPS) is 11.0. The Hall–Kier alpha value is -3.89. The monoisotopic (exact) mass is 392 g/mol. The number of carbonyl (C=O) groups is 2. The molecule has 1 aromatic carbocycles. The molecule has 0 spiro atoms. The van der Waals surface area contributed by atoms with Gasteiger partial charge in [-0.25, -0.2) is 0 Å². The van der Waals surface area contributed by atoms with E-state index in [0.29, 0.717) is 5.56 Å². The van der Waals surface area contributed by atoms with E-state index in [1.54, 1.807) is 0 Å². The highest BCUT2D eigenvalue weighted by molar-refractivity contribution is 6.05. The molecule has 0 saturated heterocycles. The fourth-order valence-electron chi connectivity index (χ4n) is 2.04. The predicted octanol–water partition coefficient (Wildman–Crippen LogP) is 3.47. The number of aromatic nitrogens is 2. The molecule has 2 heterocycles. The first-order chi connectivity index (χ1) is 13.3. The Bertz CT molecular complexity index is 972. The molecule has 0 aliphatic heterocycles. The number of anilines is 2. The summed E-state index contributed by atoms with van der Waals surface area (Å²) in [4.78, 5) is 31.7. The highest BCUT2D eigenvalue weighted by Crippen LogP contribution is 2.24. The molecule has 11 heteroatoms. The molecule has 3 rings (SSSR count). The van der Waals surface area contributed by atoms with Crippen LogP contribution in [0, 0.1) is 0 Å². The topological polar surface area (TPSA) is 106 Å². The first kappa shape index (κ1) is 18.9. The maximum absolute atomic E-state index is 12.1. The van der Waals surface area contributed by atoms with Crippen molar-refractivity contribution in [1.29, 1.82) is 0 Å². The molecule has 2 aromatic heterocycles. The molecule has 2 N–H and O–H groups in total. The largest absolute Gasteiger partial charge is 0.573 e. The molecule has 0 bridgehead atoms. The molecule has 8 nitrogen and oxygen atoms in total. The Kier molecular flexibility index (Phi) is 5.25. The molecular formula is C17H11F3N4O4. The van der Waals surface area contributed by atoms with Gasteiger partial charge in [0.05, 0.1) is 0 Å². The van der Waals surface area contributed by atoms with Crippen LogP contribution in [0.4, 0.5) is 24.9 Å². The van der Waals surface area contributed by atoms with Crippen molar-refractivity contribution in [3.05, 3.63) is 66.3 Å². The molecule has 144 valence electrons. The maximum Gasteiger partial charge on any atom is 0.573 e. The van der Waals surface area contributed by atoms with Crippen LogP contribution >= 0.6 is 0 Å². The van der Waals surface area contributed by atoms with E-state index in [1.807, 2.05) is 0 Å². The highest BCUT2D eigenvalue weighted by atomic mass is 19.4. The van der Waals surface area contributed by atoms with Gasteiger partial charge < -0.3 is 14.5 Å². The van der Waals surface area contributed by atoms with Crippen molar-refractivity contribution in [3.63, 3.8) is 0 Å². The van der Waals surface area contributed by atoms with Gasteiger partial charge in [0.2, 0.25) is 0 Å². The molecule has 0 fully saturated rings. The summed E-state index contributed by atoms with van der Waals surface area (Å²) >= 11 is 0. The number of nitrogens with zero attached hydrogens (tertiary/aromatic N) is 2. The Morgan fingerprint density at radius 3 is 2.29 bits per heavy atom. The van der Waals surface area contributed by atoms with Crippen LogP contribution in [0.2, 0.25) is 0 Å². The Balaban J connectivity index is 1.60. The van der Waals surface area contributed by atoms with Crippen LogP contribution in [0.3, 0.4) is 0 Å². The number of hydrogen-bond donors (Lipinski definition) is 2. The second kappa shape index (κ2) is 7.78. The SMILES string of the molecule is O=C(Nc1nc(C(=O)Nc2ccc(OC(F)(F)F)cc2)co1)c1ccncc1. The summed E-state index contributed by atoms with van der Waals surface area (Å²) in [5.41, 5.74) is 0.394. The molecule has 0 aliphatic rings. The number of halogens is 3. The Morgan fingerprint density at radius 1 is 0.964 bits per heavy atom. The molecule has 3 aromatic rings. The average molecular weight is 392 g/mol. The van der Waals surface area contributed by atoms with Gasteiger partial charge in [-0.05, 0) is 36.4 Å². The minimum atomic E-state index is -4.80. The van der Waals surface area contributed by atoms with Crippen molar-refractivity contribution < 1.29 is 31.9 Å². The lowest BCUT2D eigenvalue weighted by molar-refractivity contribution is -0.274. The van der Waals surface area contributed by atoms with Gasteiger partial charge in [0.25, 0.3) is 11.8 Å². The zero-order chi connectivity index (χ0) is 20.1. The molecular weight excluding hydrogens is 381 g/mol. The molecule has 0 radical (unpaired) electrons. The van der Waals surface area contributed by atoms with Crippen molar-refractivity contribution in [1.82, 2.24) is 9.97 Å². The number of oxazole rings is 1. The number of amides is 2. The van der Waals surface area contributed by atoms with Crippen molar-refractivity contribution >= 4 is 23.5 Å². The lowest BCUT2D eigenvalue weighted by Crippen LogP contribution is -2.17. The zero-order valence-electron chi connectivity index (χ0n) is 13.9. The second-order valence-electron chi connectivity index (χ2n) is 5.25. The lowest BCUT2D eigenvalue weighted by Gasteiger charge is -2.09. The van der Waals surface area contributed by atoms with Crippen LogP contribution in [-0.4, -0.2) is 28.1 Å². The molecule has 0 saturated carbocycles. The number of benzene rings is 1. The number of alkyl halides is 3. The summed E-state index contributed by atoms with van der Waals surface area (Å²) in [6.07, 6.45) is -0.899. The standard InChI is InChI=1S/C17H11F3N4O4/c18-17(19,20)28-12-3-1-11(2-4-12)22-15(26)13-9-27-16(23-13)24-14(25)10-5-7-21-8-6-10/h1-9H,(H,22,26)(H,23,24,25). The van der Waals surface area contributed by atoms with E-state index in [0.717, 1.165) is 18.4 Å². The summed E-state index contributed by atoms with van der Waals surface area (Å²) in [5, 5.41) is 4.81. The predicted molar refractivity (Wildman–Crippen MR) is 89.8 cm³/mol. The van der Waals surface area contributed by atoms with E-state index in [-0.39, 0.29) is 17.4 Å². The van der Waals surface area contributed by atoms with Crippen LogP contribution in [0.5, 0.6) is 5.75 Å². The van der Waals surface area contributed by atoms with E-state index >= 15 is 0 Å². The quantitative estimate of drug-likeness (QED) is 0.689. The third kappa shape index (κ3) is 5.06. The minimum Gasteiger partial charge on any atom is -0.431 e. The van der Waals surface area contributed by atoms with Gasteiger partial charge >= 0.3 is 12.4 Å². The number of pyridine rings is 1. The highest BCUT2D eigenvalue weighted by Gasteiger charge is 2.31. The average Bonchev–Trinajstić information content (AvgIpc) is 3.11. The van der Waals surface area contributed by atoms with Crippen LogP contribution in [0.1, 0.15) is 20.8 Å². The van der Waals surface area contributed by atoms with Gasteiger partial charge in [-0.15, -0.1) is 13.2 Å². The van der Waals surface area contributed by atoms with E-state index in [2.05, 4.69) is 25.3 Å². The summed E-state index contributed by atoms with van der Waals surface area (Å²) in [6.45, 7) is 0. The van der Waals surface area contributed by atoms with Crippen molar-refractivity contribution in [3.8, 4) is 5.75 Å². The number of ether oxygens (including phenoxy) is 1. The van der Waals surface area contributed by atoms with Gasteiger partial charge in [0.15, 0.2) is 5.69 Å². The minimum absolute atomic E-state index is 0.138. The van der Waals surface area contributed by atoms with E-state index in [9.17, 15) is 22.8 Å². The summed E-state index contributed by atoms with van der Waals surface area (Å²) < 4.78 is 45.2. The van der Waals surface area contributed by atoms with Gasteiger partial charge in [-0.1, -0.05) is 0 Å². The third-order valence-corrected chi connectivity index (χ3v) is 3.25. The first-order valence-electron chi connectivity index (χ1n) is 7.64. The van der Waals surface area contributed by atoms with Gasteiger partial charge in [-0.3, -0.25) is 19.9 Å². The molecule has 0 unspecified atom stereocenters. The fourth-order valence-corrected chi connectivity index (χ4v) is 2.04. The molecule has 0 aliphatic carbocycles. The van der Waals surface area contributed by atoms with Crippen LogP contribution in [0.25, 0.3) is 0 Å². The second-order valence-corrected chi connectivity index (χ2v) is 5.25. The lowest BCUT2D eigenvalue weighted by atomic mass is 10.2. The summed E-state index contributed by atoms with van der Waals surface area (Å²) in [6, 6.07) is 7.33. The van der Waals surface area contributed by atoms with Gasteiger partial charge in [0, 0.05) is 23.6 Å². The Morgan fingerprint density at radius 2 is 1.64 bits per heavy atom. The fraction of sp³-hybridized carbons (Fsp3) is 0.0588. The number of nitrogens with one attached hydrogen (secondary N) is 2. The molecule has 28 heavy (non-hydrogen) atoms. The van der Waals surface area contributed by atoms with Crippen LogP contribution in [0.15, 0.2) is 59.5 Å². The number of rotatable bonds is 5. The molecule has 0 atom stereocenters. The van der Waals surface area contributed by atoms with E-state index in [4.69, 9.17) is 4.42 Å². The number of hydrogen-bond acceptors (Lipinski definition) is 6.